The average Bonchev–Trinajstić information content (AvgIpc) is 2.64. The lowest BCUT2D eigenvalue weighted by Gasteiger charge is -2.06. The summed E-state index contributed by atoms with van der Waals surface area (Å²) in [6.45, 7) is 1.76. The Hall–Kier alpha value is -2.95. The summed E-state index contributed by atoms with van der Waals surface area (Å²) in [6.07, 6.45) is 5.87. The Bertz CT molecular complexity index is 769. The normalized spacial score (nSPS) is 10.7. The molecule has 0 unspecified atom stereocenters. The molecule has 0 spiro atoms. The molecule has 0 bridgehead atoms. The van der Waals surface area contributed by atoms with Crippen molar-refractivity contribution < 1.29 is 18.7 Å². The van der Waals surface area contributed by atoms with Crippen molar-refractivity contribution in [3.63, 3.8) is 0 Å². The van der Waals surface area contributed by atoms with Crippen LogP contribution in [0.2, 0.25) is 0 Å². The molecule has 0 fully saturated rings. The van der Waals surface area contributed by atoms with E-state index in [4.69, 9.17) is 4.74 Å². The molecule has 1 N–H and O–H groups in total. The number of unbranched alkanes of at least 4 members (excludes halogenated alkanes) is 1. The maximum absolute atomic E-state index is 13.0. The molecule has 0 radical (unpaired) electrons. The van der Waals surface area contributed by atoms with Crippen molar-refractivity contribution in [3.05, 3.63) is 71.6 Å². The van der Waals surface area contributed by atoms with Gasteiger partial charge in [-0.3, -0.25) is 4.79 Å². The summed E-state index contributed by atoms with van der Waals surface area (Å²) >= 11 is 0. The largest absolute Gasteiger partial charge is 0.452 e. The van der Waals surface area contributed by atoms with Crippen LogP contribution in [0.5, 0.6) is 0 Å². The van der Waals surface area contributed by atoms with Crippen LogP contribution in [-0.2, 0) is 20.7 Å². The molecule has 0 aliphatic heterocycles. The predicted octanol–water partition coefficient (Wildman–Crippen LogP) is 4.36. The van der Waals surface area contributed by atoms with Gasteiger partial charge in [0, 0.05) is 11.8 Å². The summed E-state index contributed by atoms with van der Waals surface area (Å²) in [5, 5.41) is 2.67. The topological polar surface area (TPSA) is 55.4 Å². The summed E-state index contributed by atoms with van der Waals surface area (Å²) in [4.78, 5) is 23.5. The molecule has 136 valence electrons. The molecule has 0 saturated heterocycles. The van der Waals surface area contributed by atoms with Gasteiger partial charge in [0.25, 0.3) is 5.91 Å². The van der Waals surface area contributed by atoms with Crippen LogP contribution in [-0.4, -0.2) is 18.5 Å². The SMILES string of the molecule is CCCCc1ccc(NC(=O)COC(=O)/C=C/c2cccc(F)c2)cc1. The van der Waals surface area contributed by atoms with Gasteiger partial charge in [0.2, 0.25) is 0 Å². The van der Waals surface area contributed by atoms with E-state index in [1.807, 2.05) is 24.3 Å². The summed E-state index contributed by atoms with van der Waals surface area (Å²) < 4.78 is 17.9. The molecule has 0 aliphatic carbocycles. The first kappa shape index (κ1) is 19.4. The zero-order chi connectivity index (χ0) is 18.8. The Labute approximate surface area is 152 Å². The number of halogens is 1. The Balaban J connectivity index is 1.76. The maximum Gasteiger partial charge on any atom is 0.331 e. The standard InChI is InChI=1S/C21H22FNO3/c1-2-3-5-16-8-11-19(12-9-16)23-20(24)15-26-21(25)13-10-17-6-4-7-18(22)14-17/h4,6-14H,2-3,5,15H2,1H3,(H,23,24)/b13-10+. The smallest absolute Gasteiger partial charge is 0.331 e. The third kappa shape index (κ3) is 6.89. The Morgan fingerprint density at radius 1 is 1.15 bits per heavy atom. The van der Waals surface area contributed by atoms with Gasteiger partial charge in [0.05, 0.1) is 0 Å². The van der Waals surface area contributed by atoms with E-state index in [2.05, 4.69) is 12.2 Å². The number of aryl methyl sites for hydroxylation is 1. The number of carbonyl (C=O) groups excluding carboxylic acids is 2. The summed E-state index contributed by atoms with van der Waals surface area (Å²) in [6, 6.07) is 13.4. The van der Waals surface area contributed by atoms with Gasteiger partial charge in [-0.15, -0.1) is 0 Å². The summed E-state index contributed by atoms with van der Waals surface area (Å²) in [5.41, 5.74) is 2.41. The second kappa shape index (κ2) is 10.1. The van der Waals surface area contributed by atoms with E-state index < -0.39 is 11.9 Å². The monoisotopic (exact) mass is 355 g/mol. The number of nitrogens with one attached hydrogen (secondary N) is 1. The Morgan fingerprint density at radius 3 is 2.62 bits per heavy atom. The van der Waals surface area contributed by atoms with Crippen LogP contribution >= 0.6 is 0 Å². The van der Waals surface area contributed by atoms with Crippen molar-refractivity contribution >= 4 is 23.6 Å². The minimum Gasteiger partial charge on any atom is -0.452 e. The molecular weight excluding hydrogens is 333 g/mol. The van der Waals surface area contributed by atoms with Gasteiger partial charge in [-0.25, -0.2) is 9.18 Å². The number of ether oxygens (including phenoxy) is 1. The van der Waals surface area contributed by atoms with Crippen molar-refractivity contribution in [1.82, 2.24) is 0 Å². The third-order valence-corrected chi connectivity index (χ3v) is 3.66. The molecule has 2 aromatic rings. The summed E-state index contributed by atoms with van der Waals surface area (Å²) in [5.74, 6) is -1.47. The van der Waals surface area contributed by atoms with Gasteiger partial charge >= 0.3 is 5.97 Å². The van der Waals surface area contributed by atoms with E-state index >= 15 is 0 Å². The van der Waals surface area contributed by atoms with E-state index in [-0.39, 0.29) is 12.4 Å². The first-order valence-corrected chi connectivity index (χ1v) is 8.56. The zero-order valence-electron chi connectivity index (χ0n) is 14.7. The highest BCUT2D eigenvalue weighted by Gasteiger charge is 2.06. The van der Waals surface area contributed by atoms with Crippen LogP contribution in [0.1, 0.15) is 30.9 Å². The number of esters is 1. The first-order chi connectivity index (χ1) is 12.6. The van der Waals surface area contributed by atoms with E-state index in [0.717, 1.165) is 25.3 Å². The molecular formula is C21H22FNO3. The Morgan fingerprint density at radius 2 is 1.92 bits per heavy atom. The number of anilines is 1. The van der Waals surface area contributed by atoms with Crippen molar-refractivity contribution in [2.45, 2.75) is 26.2 Å². The van der Waals surface area contributed by atoms with Gasteiger partial charge in [0.1, 0.15) is 5.82 Å². The van der Waals surface area contributed by atoms with Crippen molar-refractivity contribution in [2.24, 2.45) is 0 Å². The fourth-order valence-corrected chi connectivity index (χ4v) is 2.29. The van der Waals surface area contributed by atoms with Gasteiger partial charge in [0.15, 0.2) is 6.61 Å². The molecule has 0 aliphatic rings. The minimum absolute atomic E-state index is 0.385. The second-order valence-corrected chi connectivity index (χ2v) is 5.84. The highest BCUT2D eigenvalue weighted by molar-refractivity contribution is 5.94. The average molecular weight is 355 g/mol. The van der Waals surface area contributed by atoms with Crippen LogP contribution in [0.4, 0.5) is 10.1 Å². The predicted molar refractivity (Wildman–Crippen MR) is 100 cm³/mol. The number of amides is 1. The van der Waals surface area contributed by atoms with Crippen molar-refractivity contribution in [1.29, 1.82) is 0 Å². The number of rotatable bonds is 8. The molecule has 0 atom stereocenters. The molecule has 0 heterocycles. The lowest BCUT2D eigenvalue weighted by molar-refractivity contribution is -0.142. The quantitative estimate of drug-likeness (QED) is 0.565. The van der Waals surface area contributed by atoms with Gasteiger partial charge in [-0.05, 0) is 54.3 Å². The molecule has 0 aromatic heterocycles. The van der Waals surface area contributed by atoms with Crippen LogP contribution < -0.4 is 5.32 Å². The first-order valence-electron chi connectivity index (χ1n) is 8.56. The van der Waals surface area contributed by atoms with Crippen LogP contribution in [0.25, 0.3) is 6.08 Å². The fraction of sp³-hybridized carbons (Fsp3) is 0.238. The van der Waals surface area contributed by atoms with Crippen molar-refractivity contribution in [3.8, 4) is 0 Å². The van der Waals surface area contributed by atoms with Gasteiger partial charge in [-0.2, -0.15) is 0 Å². The lowest BCUT2D eigenvalue weighted by atomic mass is 10.1. The fourth-order valence-electron chi connectivity index (χ4n) is 2.29. The molecule has 4 nitrogen and oxygen atoms in total. The van der Waals surface area contributed by atoms with Gasteiger partial charge in [-0.1, -0.05) is 37.6 Å². The van der Waals surface area contributed by atoms with E-state index in [0.29, 0.717) is 11.3 Å². The molecule has 5 heteroatoms. The highest BCUT2D eigenvalue weighted by atomic mass is 19.1. The van der Waals surface area contributed by atoms with Crippen molar-refractivity contribution in [2.75, 3.05) is 11.9 Å². The number of carbonyl (C=O) groups is 2. The molecule has 0 saturated carbocycles. The Kier molecular flexibility index (Phi) is 7.55. The molecule has 1 amide bonds. The highest BCUT2D eigenvalue weighted by Crippen LogP contribution is 2.12. The molecule has 2 rings (SSSR count). The number of hydrogen-bond donors (Lipinski definition) is 1. The van der Waals surface area contributed by atoms with E-state index in [1.54, 1.807) is 12.1 Å². The number of benzene rings is 2. The third-order valence-electron chi connectivity index (χ3n) is 3.66. The van der Waals surface area contributed by atoms with Crippen LogP contribution in [0, 0.1) is 5.82 Å². The van der Waals surface area contributed by atoms with E-state index in [9.17, 15) is 14.0 Å². The maximum atomic E-state index is 13.0. The van der Waals surface area contributed by atoms with Gasteiger partial charge < -0.3 is 10.1 Å². The molecule has 2 aromatic carbocycles. The van der Waals surface area contributed by atoms with Crippen LogP contribution in [0.3, 0.4) is 0 Å². The van der Waals surface area contributed by atoms with Crippen LogP contribution in [0.15, 0.2) is 54.6 Å². The number of hydrogen-bond acceptors (Lipinski definition) is 3. The summed E-state index contributed by atoms with van der Waals surface area (Å²) in [7, 11) is 0. The zero-order valence-corrected chi connectivity index (χ0v) is 14.7. The van der Waals surface area contributed by atoms with E-state index in [1.165, 1.54) is 23.8 Å². The minimum atomic E-state index is -0.667. The lowest BCUT2D eigenvalue weighted by Crippen LogP contribution is -2.20. The second-order valence-electron chi connectivity index (χ2n) is 5.84. The molecule has 26 heavy (non-hydrogen) atoms.